The highest BCUT2D eigenvalue weighted by atomic mass is 31.2. The molecule has 5 heteroatoms. The first-order valence-electron chi connectivity index (χ1n) is 11.6. The molecule has 1 fully saturated rings. The minimum atomic E-state index is -3.15. The average molecular weight is 470 g/mol. The molecule has 172 valence electrons. The van der Waals surface area contributed by atoms with Gasteiger partial charge in [0.2, 0.25) is 7.29 Å². The fraction of sp³-hybridized carbons (Fsp3) is 0.207. The highest BCUT2D eigenvalue weighted by Gasteiger charge is 2.53. The molecule has 0 unspecified atom stereocenters. The summed E-state index contributed by atoms with van der Waals surface area (Å²) in [5.74, 6) is -0.437. The number of hydrogen-bond acceptors (Lipinski definition) is 3. The number of fused-ring (bicyclic) bond motifs is 1. The van der Waals surface area contributed by atoms with Crippen molar-refractivity contribution in [2.75, 3.05) is 7.11 Å². The molecule has 3 aromatic rings. The lowest BCUT2D eigenvalue weighted by Gasteiger charge is -2.31. The van der Waals surface area contributed by atoms with Crippen molar-refractivity contribution in [1.29, 1.82) is 0 Å². The van der Waals surface area contributed by atoms with Crippen LogP contribution in [0.4, 0.5) is 0 Å². The molecule has 4 nitrogen and oxygen atoms in total. The molecule has 0 radical (unpaired) electrons. The van der Waals surface area contributed by atoms with Gasteiger partial charge in [0.25, 0.3) is 0 Å². The maximum absolute atomic E-state index is 15.3. The summed E-state index contributed by atoms with van der Waals surface area (Å²) in [6, 6.07) is 30.3. The number of allylic oxidation sites excluding steroid dienone is 2. The van der Waals surface area contributed by atoms with Crippen molar-refractivity contribution >= 4 is 18.6 Å². The van der Waals surface area contributed by atoms with Crippen molar-refractivity contribution in [3.05, 3.63) is 126 Å². The van der Waals surface area contributed by atoms with Gasteiger partial charge in [-0.25, -0.2) is 4.67 Å². The maximum Gasteiger partial charge on any atom is 0.306 e. The zero-order valence-electron chi connectivity index (χ0n) is 19.2. The number of rotatable bonds is 6. The second-order valence-electron chi connectivity index (χ2n) is 8.80. The van der Waals surface area contributed by atoms with E-state index in [0.717, 1.165) is 21.7 Å². The molecule has 2 aliphatic rings. The molecule has 0 saturated carbocycles. The van der Waals surface area contributed by atoms with Crippen molar-refractivity contribution in [1.82, 2.24) is 4.67 Å². The van der Waals surface area contributed by atoms with E-state index in [4.69, 9.17) is 4.74 Å². The van der Waals surface area contributed by atoms with Gasteiger partial charge in [0.05, 0.1) is 19.6 Å². The minimum absolute atomic E-state index is 0.0361. The first-order valence-corrected chi connectivity index (χ1v) is 13.3. The number of carbonyl (C=O) groups excluding carboxylic acids is 1. The van der Waals surface area contributed by atoms with Gasteiger partial charge in [0.1, 0.15) is 0 Å². The molecule has 0 bridgehead atoms. The van der Waals surface area contributed by atoms with Gasteiger partial charge in [-0.05, 0) is 23.3 Å². The monoisotopic (exact) mass is 469 g/mol. The lowest BCUT2D eigenvalue weighted by molar-refractivity contribution is -0.141. The summed E-state index contributed by atoms with van der Waals surface area (Å²) in [4.78, 5) is 12.0. The molecule has 0 amide bonds. The zero-order valence-corrected chi connectivity index (χ0v) is 20.1. The molecule has 3 aromatic carbocycles. The Labute approximate surface area is 201 Å². The van der Waals surface area contributed by atoms with Gasteiger partial charge in [0.15, 0.2) is 0 Å². The van der Waals surface area contributed by atoms with Crippen molar-refractivity contribution in [3.63, 3.8) is 0 Å². The van der Waals surface area contributed by atoms with E-state index in [1.807, 2.05) is 66.7 Å². The number of nitrogens with zero attached hydrogens (tertiary/aromatic N) is 1. The van der Waals surface area contributed by atoms with E-state index < -0.39 is 7.29 Å². The van der Waals surface area contributed by atoms with Crippen LogP contribution < -0.4 is 5.30 Å². The van der Waals surface area contributed by atoms with Crippen LogP contribution in [0.15, 0.2) is 115 Å². The highest BCUT2D eigenvalue weighted by molar-refractivity contribution is 7.73. The van der Waals surface area contributed by atoms with E-state index in [9.17, 15) is 4.79 Å². The van der Waals surface area contributed by atoms with E-state index >= 15 is 4.57 Å². The lowest BCUT2D eigenvalue weighted by Crippen LogP contribution is -2.25. The molecule has 0 aromatic heterocycles. The van der Waals surface area contributed by atoms with E-state index in [1.54, 1.807) is 0 Å². The van der Waals surface area contributed by atoms with Crippen molar-refractivity contribution in [3.8, 4) is 0 Å². The van der Waals surface area contributed by atoms with Gasteiger partial charge in [-0.2, -0.15) is 0 Å². The first kappa shape index (κ1) is 22.6. The number of ether oxygens (including phenoxy) is 1. The van der Waals surface area contributed by atoms with Crippen molar-refractivity contribution < 1.29 is 14.1 Å². The van der Waals surface area contributed by atoms with Crippen LogP contribution in [0.2, 0.25) is 0 Å². The van der Waals surface area contributed by atoms with Crippen LogP contribution in [0, 0.1) is 11.8 Å². The quantitative estimate of drug-likeness (QED) is 0.249. The van der Waals surface area contributed by atoms with Crippen LogP contribution >= 0.6 is 7.29 Å². The molecule has 1 aliphatic carbocycles. The summed E-state index contributed by atoms with van der Waals surface area (Å²) in [7, 11) is -1.74. The zero-order chi connectivity index (χ0) is 23.5. The van der Waals surface area contributed by atoms with Crippen LogP contribution in [0.5, 0.6) is 0 Å². The van der Waals surface area contributed by atoms with E-state index in [0.29, 0.717) is 6.54 Å². The molecule has 0 N–H and O–H groups in total. The van der Waals surface area contributed by atoms with Crippen LogP contribution in [0.25, 0.3) is 0 Å². The molecule has 34 heavy (non-hydrogen) atoms. The normalized spacial score (nSPS) is 26.0. The highest BCUT2D eigenvalue weighted by Crippen LogP contribution is 2.71. The van der Waals surface area contributed by atoms with Crippen LogP contribution in [0.3, 0.4) is 0 Å². The molecule has 1 heterocycles. The molecular formula is C29H28NO3P. The average Bonchev–Trinajstić information content (AvgIpc) is 3.14. The number of methoxy groups -OCH3 is 1. The smallest absolute Gasteiger partial charge is 0.306 e. The van der Waals surface area contributed by atoms with E-state index in [2.05, 4.69) is 47.2 Å². The van der Waals surface area contributed by atoms with Gasteiger partial charge in [-0.3, -0.25) is 9.36 Å². The Hall–Kier alpha value is -3.20. The lowest BCUT2D eigenvalue weighted by atomic mass is 9.86. The Morgan fingerprint density at radius 3 is 2.15 bits per heavy atom. The fourth-order valence-electron chi connectivity index (χ4n) is 5.15. The Morgan fingerprint density at radius 2 is 1.50 bits per heavy atom. The summed E-state index contributed by atoms with van der Waals surface area (Å²) < 4.78 is 22.4. The third kappa shape index (κ3) is 4.09. The van der Waals surface area contributed by atoms with E-state index in [1.165, 1.54) is 7.11 Å². The third-order valence-corrected chi connectivity index (χ3v) is 9.99. The van der Waals surface area contributed by atoms with Crippen LogP contribution in [-0.2, 0) is 20.6 Å². The van der Waals surface area contributed by atoms with Crippen molar-refractivity contribution in [2.45, 2.75) is 19.0 Å². The van der Waals surface area contributed by atoms with Gasteiger partial charge in [-0.1, -0.05) is 97.1 Å². The van der Waals surface area contributed by atoms with Gasteiger partial charge < -0.3 is 4.74 Å². The number of hydrogen-bond donors (Lipinski definition) is 0. The molecule has 1 aliphatic heterocycles. The standard InChI is InChI=1S/C29H28NO3P/c1-33-28(31)20-23-17-18-26-27(19-23)34(32,25-15-9-4-10-16-25)30(21-22-11-5-2-6-12-22)29(26)24-13-7-3-8-14-24/h2-19,23,26,29H,20-21H2,1H3/t23-,26+,29-,34-/m1/s1. The predicted molar refractivity (Wildman–Crippen MR) is 136 cm³/mol. The summed E-state index contributed by atoms with van der Waals surface area (Å²) in [5.41, 5.74) is 2.26. The number of benzene rings is 3. The molecule has 4 atom stereocenters. The minimum Gasteiger partial charge on any atom is -0.469 e. The molecule has 5 rings (SSSR count). The van der Waals surface area contributed by atoms with Gasteiger partial charge in [0, 0.05) is 29.0 Å². The van der Waals surface area contributed by atoms with Gasteiger partial charge >= 0.3 is 5.97 Å². The number of carbonyl (C=O) groups is 1. The SMILES string of the molecule is COC(=O)C[C@@H]1C=C[C@H]2C(=C1)[P@](=O)(c1ccccc1)N(Cc1ccccc1)[C@@H]2c1ccccc1. The molecular weight excluding hydrogens is 441 g/mol. The second kappa shape index (κ2) is 9.58. The summed E-state index contributed by atoms with van der Waals surface area (Å²) in [6.07, 6.45) is 6.53. The second-order valence-corrected chi connectivity index (χ2v) is 11.5. The Balaban J connectivity index is 1.68. The van der Waals surface area contributed by atoms with Crippen LogP contribution in [-0.4, -0.2) is 17.7 Å². The summed E-state index contributed by atoms with van der Waals surface area (Å²) >= 11 is 0. The van der Waals surface area contributed by atoms with Crippen molar-refractivity contribution in [2.24, 2.45) is 11.8 Å². The Morgan fingerprint density at radius 1 is 0.882 bits per heavy atom. The summed E-state index contributed by atoms with van der Waals surface area (Å²) in [5, 5.41) is 1.74. The maximum atomic E-state index is 15.3. The van der Waals surface area contributed by atoms with E-state index in [-0.39, 0.29) is 30.3 Å². The predicted octanol–water partition coefficient (Wildman–Crippen LogP) is 6.10. The van der Waals surface area contributed by atoms with Crippen LogP contribution in [0.1, 0.15) is 23.6 Å². The summed E-state index contributed by atoms with van der Waals surface area (Å²) in [6.45, 7) is 0.565. The topological polar surface area (TPSA) is 46.6 Å². The Kier molecular flexibility index (Phi) is 6.36. The Bertz CT molecular complexity index is 1250. The fourth-order valence-corrected chi connectivity index (χ4v) is 8.64. The molecule has 1 saturated heterocycles. The molecule has 0 spiro atoms. The largest absolute Gasteiger partial charge is 0.469 e. The third-order valence-electron chi connectivity index (χ3n) is 6.73. The first-order chi connectivity index (χ1) is 16.6. The van der Waals surface area contributed by atoms with Gasteiger partial charge in [-0.15, -0.1) is 0 Å². The number of esters is 1.